The number of hydrogen-bond donors (Lipinski definition) is 3. The maximum Gasteiger partial charge on any atom is 0.490 e. The minimum Gasteiger partial charge on any atom is -0.503 e. The highest BCUT2D eigenvalue weighted by atomic mass is 35.5. The summed E-state index contributed by atoms with van der Waals surface area (Å²) in [5.41, 5.74) is 1.62. The molecule has 2 aliphatic rings. The van der Waals surface area contributed by atoms with Crippen molar-refractivity contribution in [2.24, 2.45) is 0 Å². The number of hydrogen-bond acceptors (Lipinski definition) is 5. The van der Waals surface area contributed by atoms with Crippen molar-refractivity contribution in [3.63, 3.8) is 0 Å². The number of aromatic hydroxyl groups is 1. The Morgan fingerprint density at radius 2 is 1.91 bits per heavy atom. The Kier molecular flexibility index (Phi) is 7.75. The normalized spacial score (nSPS) is 17.6. The zero-order chi connectivity index (χ0) is 26.1. The van der Waals surface area contributed by atoms with Crippen LogP contribution in [0.4, 0.5) is 17.6 Å². The Labute approximate surface area is 201 Å². The van der Waals surface area contributed by atoms with Gasteiger partial charge in [-0.2, -0.15) is 13.2 Å². The lowest BCUT2D eigenvalue weighted by Gasteiger charge is -2.33. The lowest BCUT2D eigenvalue weighted by atomic mass is 9.95. The third-order valence-corrected chi connectivity index (χ3v) is 6.10. The quantitative estimate of drug-likeness (QED) is 0.525. The molecular formula is C22H22ClF4N3O5. The van der Waals surface area contributed by atoms with Gasteiger partial charge in [-0.1, -0.05) is 24.6 Å². The molecule has 0 spiro atoms. The van der Waals surface area contributed by atoms with Crippen LogP contribution in [0.15, 0.2) is 23.0 Å². The number of nitrogens with one attached hydrogen (secondary N) is 1. The van der Waals surface area contributed by atoms with Crippen LogP contribution in [0.5, 0.6) is 5.75 Å². The van der Waals surface area contributed by atoms with Crippen LogP contribution in [0.3, 0.4) is 0 Å². The molecule has 190 valence electrons. The van der Waals surface area contributed by atoms with Crippen molar-refractivity contribution in [3.8, 4) is 5.75 Å². The highest BCUT2D eigenvalue weighted by Crippen LogP contribution is 2.30. The highest BCUT2D eigenvalue weighted by Gasteiger charge is 2.38. The molecule has 1 amide bonds. The summed E-state index contributed by atoms with van der Waals surface area (Å²) in [6.45, 7) is 4.34. The molecule has 1 atom stereocenters. The molecule has 35 heavy (non-hydrogen) atoms. The van der Waals surface area contributed by atoms with Crippen molar-refractivity contribution in [2.45, 2.75) is 45.1 Å². The first kappa shape index (κ1) is 26.5. The van der Waals surface area contributed by atoms with Crippen LogP contribution in [-0.2, 0) is 24.4 Å². The van der Waals surface area contributed by atoms with Crippen molar-refractivity contribution in [3.05, 3.63) is 61.8 Å². The molecule has 0 bridgehead atoms. The van der Waals surface area contributed by atoms with Gasteiger partial charge in [0.25, 0.3) is 5.91 Å². The van der Waals surface area contributed by atoms with E-state index in [1.165, 1.54) is 17.0 Å². The van der Waals surface area contributed by atoms with Gasteiger partial charge in [0.15, 0.2) is 11.4 Å². The molecule has 8 nitrogen and oxygen atoms in total. The van der Waals surface area contributed by atoms with Gasteiger partial charge in [0.1, 0.15) is 5.82 Å². The van der Waals surface area contributed by atoms with Gasteiger partial charge in [-0.3, -0.25) is 9.59 Å². The van der Waals surface area contributed by atoms with Gasteiger partial charge in [0.2, 0.25) is 5.43 Å². The van der Waals surface area contributed by atoms with E-state index in [-0.39, 0.29) is 23.2 Å². The van der Waals surface area contributed by atoms with Crippen LogP contribution >= 0.6 is 11.6 Å². The monoisotopic (exact) mass is 519 g/mol. The number of carboxylic acid groups (broad SMARTS) is 1. The first-order valence-corrected chi connectivity index (χ1v) is 10.9. The smallest absolute Gasteiger partial charge is 0.490 e. The molecule has 13 heteroatoms. The zero-order valence-electron chi connectivity index (χ0n) is 18.5. The van der Waals surface area contributed by atoms with Gasteiger partial charge in [0, 0.05) is 37.4 Å². The van der Waals surface area contributed by atoms with Crippen molar-refractivity contribution < 1.29 is 37.4 Å². The SMILES string of the molecule is CC1CCNCc2c1c(=O)c(O)c1n2CCN(Cc2ccc(F)c(Cl)c2)C1=O.O=C(O)C(F)(F)F. The van der Waals surface area contributed by atoms with E-state index >= 15 is 0 Å². The van der Waals surface area contributed by atoms with E-state index in [2.05, 4.69) is 5.32 Å². The Balaban J connectivity index is 0.000000429. The number of fused-ring (bicyclic) bond motifs is 3. The summed E-state index contributed by atoms with van der Waals surface area (Å²) in [7, 11) is 0. The Morgan fingerprint density at radius 3 is 2.51 bits per heavy atom. The summed E-state index contributed by atoms with van der Waals surface area (Å²) in [6.07, 6.45) is -4.29. The number of rotatable bonds is 2. The number of aromatic nitrogens is 1. The van der Waals surface area contributed by atoms with Crippen molar-refractivity contribution in [1.29, 1.82) is 0 Å². The molecule has 2 aliphatic heterocycles. The lowest BCUT2D eigenvalue weighted by molar-refractivity contribution is -0.192. The zero-order valence-corrected chi connectivity index (χ0v) is 19.2. The van der Waals surface area contributed by atoms with Gasteiger partial charge >= 0.3 is 12.1 Å². The van der Waals surface area contributed by atoms with Gasteiger partial charge in [-0.15, -0.1) is 0 Å². The number of amides is 1. The highest BCUT2D eigenvalue weighted by molar-refractivity contribution is 6.30. The van der Waals surface area contributed by atoms with E-state index in [4.69, 9.17) is 21.5 Å². The molecular weight excluding hydrogens is 498 g/mol. The predicted molar refractivity (Wildman–Crippen MR) is 117 cm³/mol. The molecule has 0 fully saturated rings. The standard InChI is InChI=1S/C20H21ClFN3O3.C2HF3O2/c1-11-4-5-23-9-15-16(11)18(26)19(27)17-20(28)24(6-7-25(15)17)10-12-2-3-14(22)13(21)8-12;3-2(4,5)1(6)7/h2-3,8,11,23,27H,4-7,9-10H2,1H3;(H,6,7). The van der Waals surface area contributed by atoms with E-state index in [1.807, 2.05) is 6.92 Å². The number of aliphatic carboxylic acids is 1. The van der Waals surface area contributed by atoms with Crippen LogP contribution in [0.25, 0.3) is 0 Å². The van der Waals surface area contributed by atoms with Gasteiger partial charge in [-0.25, -0.2) is 9.18 Å². The fourth-order valence-corrected chi connectivity index (χ4v) is 4.29. The minimum atomic E-state index is -5.08. The van der Waals surface area contributed by atoms with Gasteiger partial charge in [0.05, 0.1) is 5.02 Å². The molecule has 1 aromatic heterocycles. The number of nitrogens with zero attached hydrogens (tertiary/aromatic N) is 2. The number of carbonyl (C=O) groups excluding carboxylic acids is 1. The fraction of sp³-hybridized carbons (Fsp3) is 0.409. The summed E-state index contributed by atoms with van der Waals surface area (Å²) in [5.74, 6) is -4.17. The Hall–Kier alpha value is -3.12. The van der Waals surface area contributed by atoms with Crippen LogP contribution in [0.1, 0.15) is 46.6 Å². The summed E-state index contributed by atoms with van der Waals surface area (Å²) in [4.78, 5) is 36.3. The first-order chi connectivity index (χ1) is 16.3. The van der Waals surface area contributed by atoms with E-state index in [0.717, 1.165) is 18.7 Å². The fourth-order valence-electron chi connectivity index (χ4n) is 4.09. The molecule has 3 N–H and O–H groups in total. The van der Waals surface area contributed by atoms with E-state index in [9.17, 15) is 32.3 Å². The number of benzene rings is 1. The summed E-state index contributed by atoms with van der Waals surface area (Å²) in [6, 6.07) is 4.31. The average Bonchev–Trinajstić information content (AvgIpc) is 2.97. The second-order valence-electron chi connectivity index (χ2n) is 8.18. The minimum absolute atomic E-state index is 0.00759. The molecule has 0 saturated heterocycles. The van der Waals surface area contributed by atoms with Crippen LogP contribution < -0.4 is 10.7 Å². The van der Waals surface area contributed by atoms with E-state index < -0.39 is 35.0 Å². The largest absolute Gasteiger partial charge is 0.503 e. The van der Waals surface area contributed by atoms with Gasteiger partial charge in [-0.05, 0) is 36.6 Å². The molecule has 4 rings (SSSR count). The number of halogens is 5. The molecule has 0 aliphatic carbocycles. The third kappa shape index (κ3) is 5.59. The summed E-state index contributed by atoms with van der Waals surface area (Å²) in [5, 5.41) is 21.0. The third-order valence-electron chi connectivity index (χ3n) is 5.81. The number of alkyl halides is 3. The van der Waals surface area contributed by atoms with Crippen molar-refractivity contribution in [2.75, 3.05) is 13.1 Å². The first-order valence-electron chi connectivity index (χ1n) is 10.6. The van der Waals surface area contributed by atoms with Crippen LogP contribution in [-0.4, -0.2) is 50.8 Å². The molecule has 0 radical (unpaired) electrons. The summed E-state index contributed by atoms with van der Waals surface area (Å²) >= 11 is 5.83. The van der Waals surface area contributed by atoms with Gasteiger partial charge < -0.3 is 25.0 Å². The second kappa shape index (κ2) is 10.2. The van der Waals surface area contributed by atoms with Crippen LogP contribution in [0, 0.1) is 5.82 Å². The lowest BCUT2D eigenvalue weighted by Crippen LogP contribution is -2.43. The Bertz CT molecular complexity index is 1220. The van der Waals surface area contributed by atoms with Crippen LogP contribution in [0.2, 0.25) is 5.02 Å². The topological polar surface area (TPSA) is 112 Å². The molecule has 1 unspecified atom stereocenters. The maximum absolute atomic E-state index is 13.4. The predicted octanol–water partition coefficient (Wildman–Crippen LogP) is 3.23. The molecule has 0 saturated carbocycles. The number of carbonyl (C=O) groups is 2. The van der Waals surface area contributed by atoms with E-state index in [0.29, 0.717) is 30.8 Å². The molecule has 3 heterocycles. The Morgan fingerprint density at radius 1 is 1.26 bits per heavy atom. The average molecular weight is 520 g/mol. The summed E-state index contributed by atoms with van der Waals surface area (Å²) < 4.78 is 46.9. The van der Waals surface area contributed by atoms with Crippen molar-refractivity contribution in [1.82, 2.24) is 14.8 Å². The molecule has 1 aromatic carbocycles. The van der Waals surface area contributed by atoms with E-state index in [1.54, 1.807) is 10.6 Å². The second-order valence-corrected chi connectivity index (χ2v) is 8.59. The van der Waals surface area contributed by atoms with Crippen molar-refractivity contribution >= 4 is 23.5 Å². The number of carboxylic acids is 1. The number of pyridine rings is 1. The molecule has 2 aromatic rings. The maximum atomic E-state index is 13.4.